The van der Waals surface area contributed by atoms with E-state index < -0.39 is 0 Å². The quantitative estimate of drug-likeness (QED) is 0.845. The highest BCUT2D eigenvalue weighted by molar-refractivity contribution is 5.91. The predicted octanol–water partition coefficient (Wildman–Crippen LogP) is 2.85. The second-order valence-electron chi connectivity index (χ2n) is 6.05. The first-order valence-corrected chi connectivity index (χ1v) is 8.03. The lowest BCUT2D eigenvalue weighted by Crippen LogP contribution is -2.31. The third-order valence-corrected chi connectivity index (χ3v) is 4.13. The minimum absolute atomic E-state index is 0.122. The Kier molecular flexibility index (Phi) is 5.96. The van der Waals surface area contributed by atoms with Gasteiger partial charge >= 0.3 is 0 Å². The number of hydrogen-bond acceptors (Lipinski definition) is 4. The molecule has 1 heterocycles. The van der Waals surface area contributed by atoms with Gasteiger partial charge in [0.15, 0.2) is 0 Å². The Morgan fingerprint density at radius 1 is 1.24 bits per heavy atom. The second-order valence-corrected chi connectivity index (χ2v) is 6.05. The zero-order valence-electron chi connectivity index (χ0n) is 13.1. The van der Waals surface area contributed by atoms with Crippen LogP contribution in [0, 0.1) is 11.8 Å². The summed E-state index contributed by atoms with van der Waals surface area (Å²) in [7, 11) is 0. The van der Waals surface area contributed by atoms with Gasteiger partial charge in [0.1, 0.15) is 11.5 Å². The van der Waals surface area contributed by atoms with E-state index in [9.17, 15) is 4.79 Å². The number of rotatable bonds is 6. The molecule has 1 aromatic rings. The Labute approximate surface area is 127 Å². The zero-order valence-corrected chi connectivity index (χ0v) is 13.1. The van der Waals surface area contributed by atoms with Crippen molar-refractivity contribution in [3.05, 3.63) is 18.1 Å². The molecule has 116 valence electrons. The summed E-state index contributed by atoms with van der Waals surface area (Å²) in [5.74, 6) is 2.05. The molecule has 0 bridgehead atoms. The standard InChI is InChI=1S/C16H26N4O/c1-3-8-17-15-11-18-14(10-19-15)16(21)20-9-13-6-4-12(2)5-7-13/h10-13H,3-9H2,1-2H3,(H,17,19)(H,20,21). The number of nitrogens with one attached hydrogen (secondary N) is 2. The first-order chi connectivity index (χ1) is 10.2. The van der Waals surface area contributed by atoms with Crippen molar-refractivity contribution in [2.24, 2.45) is 11.8 Å². The number of carbonyl (C=O) groups is 1. The van der Waals surface area contributed by atoms with E-state index in [2.05, 4.69) is 34.4 Å². The SMILES string of the molecule is CCCNc1cnc(C(=O)NCC2CCC(C)CC2)cn1. The number of hydrogen-bond donors (Lipinski definition) is 2. The van der Waals surface area contributed by atoms with Gasteiger partial charge in [0, 0.05) is 13.1 Å². The van der Waals surface area contributed by atoms with E-state index >= 15 is 0 Å². The van der Waals surface area contributed by atoms with Crippen LogP contribution in [0.1, 0.15) is 56.4 Å². The highest BCUT2D eigenvalue weighted by Gasteiger charge is 2.19. The Hall–Kier alpha value is -1.65. The third-order valence-electron chi connectivity index (χ3n) is 4.13. The molecule has 0 saturated heterocycles. The molecule has 0 radical (unpaired) electrons. The summed E-state index contributed by atoms with van der Waals surface area (Å²) in [4.78, 5) is 20.4. The highest BCUT2D eigenvalue weighted by atomic mass is 16.1. The van der Waals surface area contributed by atoms with Gasteiger partial charge in [0.2, 0.25) is 0 Å². The van der Waals surface area contributed by atoms with Gasteiger partial charge in [-0.3, -0.25) is 4.79 Å². The fourth-order valence-electron chi connectivity index (χ4n) is 2.65. The summed E-state index contributed by atoms with van der Waals surface area (Å²) in [5, 5.41) is 6.13. The molecule has 1 amide bonds. The molecule has 0 aliphatic heterocycles. The van der Waals surface area contributed by atoms with Crippen LogP contribution in [0.25, 0.3) is 0 Å². The summed E-state index contributed by atoms with van der Waals surface area (Å²) >= 11 is 0. The van der Waals surface area contributed by atoms with E-state index in [4.69, 9.17) is 0 Å². The largest absolute Gasteiger partial charge is 0.369 e. The molecule has 21 heavy (non-hydrogen) atoms. The van der Waals surface area contributed by atoms with Crippen molar-refractivity contribution in [2.75, 3.05) is 18.4 Å². The second kappa shape index (κ2) is 7.96. The van der Waals surface area contributed by atoms with Gasteiger partial charge in [-0.15, -0.1) is 0 Å². The minimum Gasteiger partial charge on any atom is -0.369 e. The van der Waals surface area contributed by atoms with Gasteiger partial charge in [-0.05, 0) is 31.1 Å². The molecule has 2 rings (SSSR count). The Balaban J connectivity index is 1.77. The van der Waals surface area contributed by atoms with Gasteiger partial charge in [0.25, 0.3) is 5.91 Å². The third kappa shape index (κ3) is 4.99. The van der Waals surface area contributed by atoms with Crippen LogP contribution in [0.4, 0.5) is 5.82 Å². The molecule has 5 heteroatoms. The van der Waals surface area contributed by atoms with Crippen molar-refractivity contribution in [2.45, 2.75) is 46.0 Å². The maximum atomic E-state index is 12.0. The molecule has 5 nitrogen and oxygen atoms in total. The molecule has 0 aromatic carbocycles. The van der Waals surface area contributed by atoms with Crippen LogP contribution in [0.5, 0.6) is 0 Å². The van der Waals surface area contributed by atoms with Crippen LogP contribution < -0.4 is 10.6 Å². The molecule has 1 aliphatic carbocycles. The molecule has 0 unspecified atom stereocenters. The van der Waals surface area contributed by atoms with E-state index in [1.54, 1.807) is 6.20 Å². The predicted molar refractivity (Wildman–Crippen MR) is 84.3 cm³/mol. The van der Waals surface area contributed by atoms with E-state index in [1.807, 2.05) is 0 Å². The van der Waals surface area contributed by atoms with Crippen molar-refractivity contribution in [1.29, 1.82) is 0 Å². The van der Waals surface area contributed by atoms with Gasteiger partial charge in [-0.1, -0.05) is 26.7 Å². The highest BCUT2D eigenvalue weighted by Crippen LogP contribution is 2.27. The summed E-state index contributed by atoms with van der Waals surface area (Å²) < 4.78 is 0. The summed E-state index contributed by atoms with van der Waals surface area (Å²) in [5.41, 5.74) is 0.390. The van der Waals surface area contributed by atoms with Crippen molar-refractivity contribution in [1.82, 2.24) is 15.3 Å². The molecule has 1 aromatic heterocycles. The molecule has 0 atom stereocenters. The first kappa shape index (κ1) is 15.7. The topological polar surface area (TPSA) is 66.9 Å². The lowest BCUT2D eigenvalue weighted by atomic mass is 9.83. The van der Waals surface area contributed by atoms with E-state index in [-0.39, 0.29) is 5.91 Å². The minimum atomic E-state index is -0.122. The fourth-order valence-corrected chi connectivity index (χ4v) is 2.65. The smallest absolute Gasteiger partial charge is 0.271 e. The van der Waals surface area contributed by atoms with Gasteiger partial charge in [-0.25, -0.2) is 9.97 Å². The Morgan fingerprint density at radius 3 is 2.62 bits per heavy atom. The Morgan fingerprint density at radius 2 is 2.00 bits per heavy atom. The average molecular weight is 290 g/mol. The molecule has 2 N–H and O–H groups in total. The normalized spacial score (nSPS) is 21.8. The monoisotopic (exact) mass is 290 g/mol. The summed E-state index contributed by atoms with van der Waals surface area (Å²) in [6.07, 6.45) is 9.17. The van der Waals surface area contributed by atoms with Crippen molar-refractivity contribution >= 4 is 11.7 Å². The number of nitrogens with zero attached hydrogens (tertiary/aromatic N) is 2. The maximum Gasteiger partial charge on any atom is 0.271 e. The molecular formula is C16H26N4O. The molecule has 1 aliphatic rings. The van der Waals surface area contributed by atoms with Crippen LogP contribution in [-0.2, 0) is 0 Å². The van der Waals surface area contributed by atoms with Crippen LogP contribution in [0.2, 0.25) is 0 Å². The van der Waals surface area contributed by atoms with Crippen LogP contribution >= 0.6 is 0 Å². The van der Waals surface area contributed by atoms with Gasteiger partial charge in [0.05, 0.1) is 12.4 Å². The molecule has 1 saturated carbocycles. The van der Waals surface area contributed by atoms with Crippen molar-refractivity contribution in [3.8, 4) is 0 Å². The number of carbonyl (C=O) groups excluding carboxylic acids is 1. The number of amides is 1. The summed E-state index contributed by atoms with van der Waals surface area (Å²) in [6.45, 7) is 6.01. The van der Waals surface area contributed by atoms with E-state index in [1.165, 1.54) is 31.9 Å². The molecular weight excluding hydrogens is 264 g/mol. The lowest BCUT2D eigenvalue weighted by Gasteiger charge is -2.26. The lowest BCUT2D eigenvalue weighted by molar-refractivity contribution is 0.0936. The maximum absolute atomic E-state index is 12.0. The average Bonchev–Trinajstić information content (AvgIpc) is 2.52. The fraction of sp³-hybridized carbons (Fsp3) is 0.688. The van der Waals surface area contributed by atoms with Gasteiger partial charge in [-0.2, -0.15) is 0 Å². The van der Waals surface area contributed by atoms with Crippen molar-refractivity contribution < 1.29 is 4.79 Å². The number of anilines is 1. The van der Waals surface area contributed by atoms with Crippen LogP contribution in [0.15, 0.2) is 12.4 Å². The van der Waals surface area contributed by atoms with Crippen molar-refractivity contribution in [3.63, 3.8) is 0 Å². The molecule has 1 fully saturated rings. The van der Waals surface area contributed by atoms with E-state index in [0.717, 1.165) is 31.2 Å². The molecule has 0 spiro atoms. The zero-order chi connectivity index (χ0) is 15.1. The first-order valence-electron chi connectivity index (χ1n) is 8.03. The van der Waals surface area contributed by atoms with E-state index in [0.29, 0.717) is 11.6 Å². The number of aromatic nitrogens is 2. The van der Waals surface area contributed by atoms with Crippen LogP contribution in [-0.4, -0.2) is 29.0 Å². The van der Waals surface area contributed by atoms with Gasteiger partial charge < -0.3 is 10.6 Å². The Bertz CT molecular complexity index is 438. The van der Waals surface area contributed by atoms with Crippen LogP contribution in [0.3, 0.4) is 0 Å². The summed E-state index contributed by atoms with van der Waals surface area (Å²) in [6, 6.07) is 0.